The molecule has 0 radical (unpaired) electrons. The molecule has 0 aliphatic carbocycles. The van der Waals surface area contributed by atoms with Gasteiger partial charge in [0.2, 0.25) is 10.0 Å². The number of amides is 1. The van der Waals surface area contributed by atoms with Gasteiger partial charge >= 0.3 is 0 Å². The summed E-state index contributed by atoms with van der Waals surface area (Å²) in [5, 5.41) is 11.5. The lowest BCUT2D eigenvalue weighted by Gasteiger charge is -2.19. The average Bonchev–Trinajstić information content (AvgIpc) is 2.59. The highest BCUT2D eigenvalue weighted by atomic mass is 32.2. The van der Waals surface area contributed by atoms with E-state index in [0.29, 0.717) is 0 Å². The molecule has 1 amide bonds. The first-order valence-electron chi connectivity index (χ1n) is 7.66. The molecule has 25 heavy (non-hydrogen) atoms. The largest absolute Gasteiger partial charge is 0.395 e. The van der Waals surface area contributed by atoms with Crippen molar-refractivity contribution in [2.45, 2.75) is 11.8 Å². The molecule has 0 bridgehead atoms. The molecule has 0 fully saturated rings. The summed E-state index contributed by atoms with van der Waals surface area (Å²) in [5.41, 5.74) is 0.402. The Kier molecular flexibility index (Phi) is 6.24. The van der Waals surface area contributed by atoms with Gasteiger partial charge in [0.25, 0.3) is 5.91 Å². The number of sulfonamides is 1. The van der Waals surface area contributed by atoms with E-state index in [1.165, 1.54) is 48.5 Å². The molecular formula is C17H19FN2O4S. The first-order valence-corrected chi connectivity index (χ1v) is 9.10. The highest BCUT2D eigenvalue weighted by Gasteiger charge is 2.23. The Morgan fingerprint density at radius 3 is 2.56 bits per heavy atom. The Labute approximate surface area is 146 Å². The smallest absolute Gasteiger partial charge is 0.255 e. The molecule has 0 aliphatic rings. The van der Waals surface area contributed by atoms with Gasteiger partial charge in [-0.05, 0) is 36.4 Å². The SMILES string of the molecule is CCN(CCO)S(=O)(=O)c1cccc(C(=O)Nc2cccc(F)c2)c1. The Morgan fingerprint density at radius 1 is 1.20 bits per heavy atom. The molecule has 0 saturated heterocycles. The number of anilines is 1. The van der Waals surface area contributed by atoms with E-state index in [0.717, 1.165) is 4.31 Å². The van der Waals surface area contributed by atoms with Gasteiger partial charge in [0.05, 0.1) is 11.5 Å². The standard InChI is InChI=1S/C17H19FN2O4S/c1-2-20(9-10-21)25(23,24)16-8-3-5-13(11-16)17(22)19-15-7-4-6-14(18)12-15/h3-8,11-12,21H,2,9-10H2,1H3,(H,19,22). The molecule has 0 aromatic heterocycles. The van der Waals surface area contributed by atoms with E-state index in [9.17, 15) is 17.6 Å². The second-order valence-electron chi connectivity index (χ2n) is 5.21. The number of carbonyl (C=O) groups excluding carboxylic acids is 1. The number of aliphatic hydroxyl groups excluding tert-OH is 1. The van der Waals surface area contributed by atoms with Crippen molar-refractivity contribution in [3.05, 3.63) is 59.9 Å². The molecule has 6 nitrogen and oxygen atoms in total. The Morgan fingerprint density at radius 2 is 1.92 bits per heavy atom. The van der Waals surface area contributed by atoms with Crippen LogP contribution in [0.15, 0.2) is 53.4 Å². The van der Waals surface area contributed by atoms with E-state index in [-0.39, 0.29) is 35.8 Å². The number of hydrogen-bond donors (Lipinski definition) is 2. The first-order chi connectivity index (χ1) is 11.9. The number of nitrogens with zero attached hydrogens (tertiary/aromatic N) is 1. The van der Waals surface area contributed by atoms with Gasteiger partial charge in [-0.2, -0.15) is 4.31 Å². The number of aliphatic hydroxyl groups is 1. The third-order valence-electron chi connectivity index (χ3n) is 3.52. The van der Waals surface area contributed by atoms with Crippen molar-refractivity contribution in [3.63, 3.8) is 0 Å². The van der Waals surface area contributed by atoms with Crippen molar-refractivity contribution in [3.8, 4) is 0 Å². The van der Waals surface area contributed by atoms with Gasteiger partial charge in [0.1, 0.15) is 5.82 Å². The summed E-state index contributed by atoms with van der Waals surface area (Å²) < 4.78 is 39.4. The van der Waals surface area contributed by atoms with Gasteiger partial charge in [0, 0.05) is 24.3 Å². The van der Waals surface area contributed by atoms with Crippen LogP contribution in [0.25, 0.3) is 0 Å². The first kappa shape index (κ1) is 19.0. The number of halogens is 1. The number of likely N-dealkylation sites (N-methyl/N-ethyl adjacent to an activating group) is 1. The predicted octanol–water partition coefficient (Wildman–Crippen LogP) is 2.08. The summed E-state index contributed by atoms with van der Waals surface area (Å²) >= 11 is 0. The number of nitrogens with one attached hydrogen (secondary N) is 1. The van der Waals surface area contributed by atoms with Gasteiger partial charge < -0.3 is 10.4 Å². The van der Waals surface area contributed by atoms with Gasteiger partial charge in [0.15, 0.2) is 0 Å². The topological polar surface area (TPSA) is 86.7 Å². The zero-order chi connectivity index (χ0) is 18.4. The minimum atomic E-state index is -3.82. The normalized spacial score (nSPS) is 11.5. The van der Waals surface area contributed by atoms with Crippen LogP contribution in [0.5, 0.6) is 0 Å². The number of rotatable bonds is 7. The molecular weight excluding hydrogens is 347 g/mol. The molecule has 0 heterocycles. The number of benzene rings is 2. The minimum absolute atomic E-state index is 0.0292. The molecule has 2 N–H and O–H groups in total. The lowest BCUT2D eigenvalue weighted by atomic mass is 10.2. The zero-order valence-corrected chi connectivity index (χ0v) is 14.5. The minimum Gasteiger partial charge on any atom is -0.395 e. The van der Waals surface area contributed by atoms with E-state index < -0.39 is 21.7 Å². The second kappa shape index (κ2) is 8.19. The molecule has 0 aliphatic heterocycles. The van der Waals surface area contributed by atoms with Gasteiger partial charge in [-0.3, -0.25) is 4.79 Å². The zero-order valence-electron chi connectivity index (χ0n) is 13.6. The molecule has 2 aromatic rings. The van der Waals surface area contributed by atoms with E-state index in [2.05, 4.69) is 5.32 Å². The molecule has 2 aromatic carbocycles. The van der Waals surface area contributed by atoms with Crippen LogP contribution in [0.3, 0.4) is 0 Å². The maximum atomic E-state index is 13.2. The summed E-state index contributed by atoms with van der Waals surface area (Å²) in [6.45, 7) is 1.53. The number of hydrogen-bond acceptors (Lipinski definition) is 4. The predicted molar refractivity (Wildman–Crippen MR) is 92.3 cm³/mol. The van der Waals surface area contributed by atoms with Crippen LogP contribution in [0, 0.1) is 5.82 Å². The second-order valence-corrected chi connectivity index (χ2v) is 7.15. The van der Waals surface area contributed by atoms with E-state index in [1.54, 1.807) is 6.92 Å². The van der Waals surface area contributed by atoms with E-state index in [1.807, 2.05) is 0 Å². The fraction of sp³-hybridized carbons (Fsp3) is 0.235. The highest BCUT2D eigenvalue weighted by molar-refractivity contribution is 7.89. The Balaban J connectivity index is 2.27. The quantitative estimate of drug-likeness (QED) is 0.785. The third-order valence-corrected chi connectivity index (χ3v) is 5.49. The summed E-state index contributed by atoms with van der Waals surface area (Å²) in [6.07, 6.45) is 0. The van der Waals surface area contributed by atoms with Gasteiger partial charge in [-0.1, -0.05) is 19.1 Å². The van der Waals surface area contributed by atoms with Crippen LogP contribution >= 0.6 is 0 Å². The van der Waals surface area contributed by atoms with Crippen molar-refractivity contribution in [2.24, 2.45) is 0 Å². The third kappa shape index (κ3) is 4.62. The van der Waals surface area contributed by atoms with Crippen molar-refractivity contribution >= 4 is 21.6 Å². The molecule has 0 atom stereocenters. The van der Waals surface area contributed by atoms with Gasteiger partial charge in [-0.25, -0.2) is 12.8 Å². The van der Waals surface area contributed by atoms with Crippen LogP contribution < -0.4 is 5.32 Å². The maximum absolute atomic E-state index is 13.2. The van der Waals surface area contributed by atoms with E-state index in [4.69, 9.17) is 5.11 Å². The lowest BCUT2D eigenvalue weighted by molar-refractivity contribution is 0.102. The molecule has 8 heteroatoms. The fourth-order valence-electron chi connectivity index (χ4n) is 2.28. The molecule has 0 saturated carbocycles. The summed E-state index contributed by atoms with van der Waals surface area (Å²) in [5.74, 6) is -1.04. The van der Waals surface area contributed by atoms with Crippen molar-refractivity contribution < 1.29 is 22.7 Å². The van der Waals surface area contributed by atoms with Crippen LogP contribution in [0.1, 0.15) is 17.3 Å². The van der Waals surface area contributed by atoms with E-state index >= 15 is 0 Å². The lowest BCUT2D eigenvalue weighted by Crippen LogP contribution is -2.33. The molecule has 134 valence electrons. The van der Waals surface area contributed by atoms with Crippen LogP contribution in [-0.4, -0.2) is 43.4 Å². The van der Waals surface area contributed by atoms with Gasteiger partial charge in [-0.15, -0.1) is 0 Å². The van der Waals surface area contributed by atoms with Crippen molar-refractivity contribution in [1.82, 2.24) is 4.31 Å². The average molecular weight is 366 g/mol. The van der Waals surface area contributed by atoms with Crippen LogP contribution in [0.2, 0.25) is 0 Å². The summed E-state index contributed by atoms with van der Waals surface area (Å²) in [4.78, 5) is 12.2. The Hall–Kier alpha value is -2.29. The molecule has 0 spiro atoms. The maximum Gasteiger partial charge on any atom is 0.255 e. The summed E-state index contributed by atoms with van der Waals surface area (Å²) in [6, 6.07) is 11.0. The molecule has 0 unspecified atom stereocenters. The monoisotopic (exact) mass is 366 g/mol. The fourth-order valence-corrected chi connectivity index (χ4v) is 3.76. The summed E-state index contributed by atoms with van der Waals surface area (Å²) in [7, 11) is -3.82. The number of carbonyl (C=O) groups is 1. The van der Waals surface area contributed by atoms with Crippen LogP contribution in [-0.2, 0) is 10.0 Å². The Bertz CT molecular complexity index is 855. The van der Waals surface area contributed by atoms with Crippen LogP contribution in [0.4, 0.5) is 10.1 Å². The van der Waals surface area contributed by atoms with Crippen molar-refractivity contribution in [2.75, 3.05) is 25.0 Å². The van der Waals surface area contributed by atoms with Crippen molar-refractivity contribution in [1.29, 1.82) is 0 Å². The molecule has 2 rings (SSSR count). The highest BCUT2D eigenvalue weighted by Crippen LogP contribution is 2.18.